The molecule has 1 fully saturated rings. The number of benzene rings is 1. The van der Waals surface area contributed by atoms with Gasteiger partial charge in [-0.25, -0.2) is 4.79 Å². The molecule has 0 amide bonds. The maximum absolute atomic E-state index is 12.3. The van der Waals surface area contributed by atoms with Gasteiger partial charge in [0.1, 0.15) is 11.9 Å². The average molecular weight is 545 g/mol. The van der Waals surface area contributed by atoms with E-state index >= 15 is 0 Å². The second kappa shape index (κ2) is 19.0. The molecule has 1 aliphatic heterocycles. The molecular weight excluding hydrogens is 500 g/mol. The topological polar surface area (TPSA) is 94.6 Å². The molecule has 0 aromatic heterocycles. The van der Waals surface area contributed by atoms with E-state index in [0.29, 0.717) is 13.2 Å². The van der Waals surface area contributed by atoms with Crippen LogP contribution in [0.3, 0.4) is 0 Å². The largest absolute Gasteiger partial charge is 0.457 e. The Morgan fingerprint density at radius 1 is 1.22 bits per heavy atom. The highest BCUT2D eigenvalue weighted by atomic mass is 35.5. The molecule has 0 spiro atoms. The van der Waals surface area contributed by atoms with Crippen molar-refractivity contribution in [3.63, 3.8) is 0 Å². The van der Waals surface area contributed by atoms with Gasteiger partial charge in [-0.05, 0) is 51.5 Å². The zero-order chi connectivity index (χ0) is 28.4. The van der Waals surface area contributed by atoms with E-state index in [0.717, 1.165) is 55.4 Å². The molecule has 1 aliphatic rings. The summed E-state index contributed by atoms with van der Waals surface area (Å²) in [5, 5.41) is 0.742. The lowest BCUT2D eigenvalue weighted by Gasteiger charge is -2.28. The Hall–Kier alpha value is -2.20. The molecule has 0 bridgehead atoms. The number of rotatable bonds is 10. The zero-order valence-electron chi connectivity index (χ0n) is 23.7. The third kappa shape index (κ3) is 15.6. The molecular formula is C27H45ClN2O7. The van der Waals surface area contributed by atoms with Crippen molar-refractivity contribution in [2.24, 2.45) is 0 Å². The van der Waals surface area contributed by atoms with Gasteiger partial charge in [-0.3, -0.25) is 9.69 Å². The van der Waals surface area contributed by atoms with E-state index in [9.17, 15) is 9.59 Å². The minimum Gasteiger partial charge on any atom is -0.457 e. The molecule has 1 saturated heterocycles. The number of carbonyl (C=O) groups excluding carboxylic acids is 3. The quantitative estimate of drug-likeness (QED) is 0.245. The van der Waals surface area contributed by atoms with Gasteiger partial charge in [0.15, 0.2) is 0 Å². The molecule has 1 aromatic rings. The van der Waals surface area contributed by atoms with Crippen LogP contribution in [0.4, 0.5) is 5.69 Å². The highest BCUT2D eigenvalue weighted by Crippen LogP contribution is 2.24. The Bertz CT molecular complexity index is 808. The normalized spacial score (nSPS) is 14.2. The predicted molar refractivity (Wildman–Crippen MR) is 146 cm³/mol. The summed E-state index contributed by atoms with van der Waals surface area (Å²) >= 11 is 6.41. The Kier molecular flexibility index (Phi) is 17.8. The molecule has 1 heterocycles. The summed E-state index contributed by atoms with van der Waals surface area (Å²) in [6, 6.07) is 5.96. The first kappa shape index (κ1) is 34.8. The molecule has 1 atom stereocenters. The van der Waals surface area contributed by atoms with Crippen molar-refractivity contribution in [3.8, 4) is 0 Å². The highest BCUT2D eigenvalue weighted by Gasteiger charge is 2.28. The molecule has 0 N–H and O–H groups in total. The van der Waals surface area contributed by atoms with E-state index in [1.54, 1.807) is 20.8 Å². The van der Waals surface area contributed by atoms with Crippen LogP contribution in [-0.4, -0.2) is 87.9 Å². The molecule has 1 aromatic carbocycles. The Morgan fingerprint density at radius 3 is 2.35 bits per heavy atom. The highest BCUT2D eigenvalue weighted by molar-refractivity contribution is 6.31. The van der Waals surface area contributed by atoms with Crippen molar-refractivity contribution in [2.45, 2.75) is 66.7 Å². The Labute approximate surface area is 227 Å². The summed E-state index contributed by atoms with van der Waals surface area (Å²) in [6.45, 7) is 16.9. The number of halogens is 1. The number of nitrogens with zero attached hydrogens (tertiary/aromatic N) is 2. The summed E-state index contributed by atoms with van der Waals surface area (Å²) in [5.41, 5.74) is 1.41. The molecule has 2 rings (SSSR count). The number of aldehydes is 1. The molecule has 212 valence electrons. The van der Waals surface area contributed by atoms with Crippen LogP contribution in [0.25, 0.3) is 0 Å². The number of hydrogen-bond donors (Lipinski definition) is 0. The lowest BCUT2D eigenvalue weighted by Crippen LogP contribution is -2.38. The number of anilines is 1. The van der Waals surface area contributed by atoms with Crippen LogP contribution in [0.15, 0.2) is 18.2 Å². The second-order valence-corrected chi connectivity index (χ2v) is 9.44. The zero-order valence-corrected chi connectivity index (χ0v) is 24.4. The summed E-state index contributed by atoms with van der Waals surface area (Å²) < 4.78 is 21.4. The molecule has 9 nitrogen and oxygen atoms in total. The van der Waals surface area contributed by atoms with Gasteiger partial charge in [0, 0.05) is 50.9 Å². The molecule has 10 heteroatoms. The van der Waals surface area contributed by atoms with E-state index in [-0.39, 0.29) is 6.61 Å². The van der Waals surface area contributed by atoms with Gasteiger partial charge in [-0.15, -0.1) is 0 Å². The van der Waals surface area contributed by atoms with Crippen LogP contribution < -0.4 is 4.90 Å². The molecule has 0 aliphatic carbocycles. The van der Waals surface area contributed by atoms with Gasteiger partial charge in [-0.2, -0.15) is 0 Å². The van der Waals surface area contributed by atoms with Crippen molar-refractivity contribution in [1.82, 2.24) is 4.90 Å². The smallest absolute Gasteiger partial charge is 0.350 e. The van der Waals surface area contributed by atoms with Gasteiger partial charge in [0.25, 0.3) is 0 Å². The number of ether oxygens (including phenoxy) is 4. The summed E-state index contributed by atoms with van der Waals surface area (Å²) in [6.07, 6.45) is -0.340. The van der Waals surface area contributed by atoms with Crippen LogP contribution in [-0.2, 0) is 39.9 Å². The van der Waals surface area contributed by atoms with E-state index < -0.39 is 23.6 Å². The maximum Gasteiger partial charge on any atom is 0.350 e. The first-order valence-electron chi connectivity index (χ1n) is 12.6. The fraction of sp³-hybridized carbons (Fsp3) is 0.667. The summed E-state index contributed by atoms with van der Waals surface area (Å²) in [7, 11) is 1.96. The van der Waals surface area contributed by atoms with Crippen LogP contribution in [0.5, 0.6) is 0 Å². The first-order valence-corrected chi connectivity index (χ1v) is 13.0. The number of likely N-dealkylation sites (N-methyl/N-ethyl adjacent to an activating group) is 1. The molecule has 0 saturated carbocycles. The van der Waals surface area contributed by atoms with E-state index in [2.05, 4.69) is 11.0 Å². The van der Waals surface area contributed by atoms with E-state index in [4.69, 9.17) is 35.3 Å². The van der Waals surface area contributed by atoms with E-state index in [1.807, 2.05) is 37.9 Å². The fourth-order valence-electron chi connectivity index (χ4n) is 3.16. The van der Waals surface area contributed by atoms with Crippen LogP contribution in [0.2, 0.25) is 5.02 Å². The maximum atomic E-state index is 12.3. The Morgan fingerprint density at radius 2 is 1.81 bits per heavy atom. The lowest BCUT2D eigenvalue weighted by molar-refractivity contribution is -0.178. The average Bonchev–Trinajstić information content (AvgIpc) is 2.83. The third-order valence-electron chi connectivity index (χ3n) is 4.79. The van der Waals surface area contributed by atoms with Gasteiger partial charge in [0.2, 0.25) is 6.10 Å². The standard InChI is InChI=1S/C23H35ClN2O6.C2H4O.C2H6/c1-17(27)31-21(22(28)32-23(2,3)4)16-30-11-8-25(5)19-6-7-20(24)18(14-19)15-26-9-12-29-13-10-26;1-2-3;1-2/h6-7,14,21H,8-13,15-16H2,1-5H3;2H,1H3;1-2H3. The molecule has 37 heavy (non-hydrogen) atoms. The van der Waals surface area contributed by atoms with Crippen molar-refractivity contribution < 1.29 is 33.3 Å². The monoisotopic (exact) mass is 544 g/mol. The van der Waals surface area contributed by atoms with Crippen molar-refractivity contribution in [1.29, 1.82) is 0 Å². The van der Waals surface area contributed by atoms with Crippen molar-refractivity contribution in [2.75, 3.05) is 58.0 Å². The van der Waals surface area contributed by atoms with Crippen LogP contribution >= 0.6 is 11.6 Å². The molecule has 0 radical (unpaired) electrons. The van der Waals surface area contributed by atoms with Gasteiger partial charge < -0.3 is 28.6 Å². The second-order valence-electron chi connectivity index (χ2n) is 9.03. The van der Waals surface area contributed by atoms with Crippen LogP contribution in [0, 0.1) is 0 Å². The van der Waals surface area contributed by atoms with E-state index in [1.165, 1.54) is 13.8 Å². The summed E-state index contributed by atoms with van der Waals surface area (Å²) in [4.78, 5) is 36.8. The Balaban J connectivity index is 0.00000241. The van der Waals surface area contributed by atoms with Crippen LogP contribution in [0.1, 0.15) is 54.0 Å². The van der Waals surface area contributed by atoms with Gasteiger partial charge in [0.05, 0.1) is 26.4 Å². The predicted octanol–water partition coefficient (Wildman–Crippen LogP) is 4.13. The number of esters is 2. The number of hydrogen-bond acceptors (Lipinski definition) is 9. The molecule has 1 unspecified atom stereocenters. The van der Waals surface area contributed by atoms with Gasteiger partial charge in [-0.1, -0.05) is 25.4 Å². The number of morpholine rings is 1. The van der Waals surface area contributed by atoms with Gasteiger partial charge >= 0.3 is 11.9 Å². The minimum atomic E-state index is -1.09. The fourth-order valence-corrected chi connectivity index (χ4v) is 3.34. The first-order chi connectivity index (χ1) is 17.5. The minimum absolute atomic E-state index is 0.0643. The number of carbonyl (C=O) groups is 3. The SMILES string of the molecule is CC.CC(=O)OC(COCCN(C)c1ccc(Cl)c(CN2CCOCC2)c1)C(=O)OC(C)(C)C.CC=O. The van der Waals surface area contributed by atoms with Crippen molar-refractivity contribution in [3.05, 3.63) is 28.8 Å². The lowest BCUT2D eigenvalue weighted by atomic mass is 10.1. The third-order valence-corrected chi connectivity index (χ3v) is 5.15. The van der Waals surface area contributed by atoms with Crippen molar-refractivity contribution >= 4 is 35.5 Å². The summed E-state index contributed by atoms with van der Waals surface area (Å²) in [5.74, 6) is -1.18.